The summed E-state index contributed by atoms with van der Waals surface area (Å²) in [5, 5.41) is 12.3. The van der Waals surface area contributed by atoms with Gasteiger partial charge in [-0.25, -0.2) is 4.98 Å². The maximum atomic E-state index is 12.6. The number of aromatic nitrogens is 1. The van der Waals surface area contributed by atoms with E-state index in [0.29, 0.717) is 5.92 Å². The molecule has 3 rings (SSSR count). The summed E-state index contributed by atoms with van der Waals surface area (Å²) in [6.45, 7) is 4.66. The highest BCUT2D eigenvalue weighted by Gasteiger charge is 2.30. The lowest BCUT2D eigenvalue weighted by atomic mass is 9.94. The van der Waals surface area contributed by atoms with Crippen LogP contribution in [0.25, 0.3) is 0 Å². The lowest BCUT2D eigenvalue weighted by molar-refractivity contribution is -0.127. The van der Waals surface area contributed by atoms with E-state index in [1.165, 1.54) is 0 Å². The number of nitrogens with one attached hydrogen (secondary N) is 1. The van der Waals surface area contributed by atoms with Crippen molar-refractivity contribution in [2.24, 2.45) is 11.8 Å². The van der Waals surface area contributed by atoms with Crippen LogP contribution in [0.2, 0.25) is 0 Å². The third-order valence-electron chi connectivity index (χ3n) is 5.16. The van der Waals surface area contributed by atoms with E-state index < -0.39 is 0 Å². The number of amides is 1. The Balaban J connectivity index is 1.69. The van der Waals surface area contributed by atoms with E-state index in [1.54, 1.807) is 6.20 Å². The molecule has 2 saturated heterocycles. The van der Waals surface area contributed by atoms with Gasteiger partial charge >= 0.3 is 0 Å². The van der Waals surface area contributed by atoms with Crippen molar-refractivity contribution in [2.75, 3.05) is 36.5 Å². The number of nitrogens with zero attached hydrogens (tertiary/aromatic N) is 2. The van der Waals surface area contributed by atoms with E-state index in [-0.39, 0.29) is 24.5 Å². The molecular weight excluding hydrogens is 306 g/mol. The first-order valence-electron chi connectivity index (χ1n) is 8.92. The lowest BCUT2D eigenvalue weighted by Crippen LogP contribution is -2.38. The van der Waals surface area contributed by atoms with Gasteiger partial charge < -0.3 is 20.1 Å². The Hall–Kier alpha value is -1.66. The van der Waals surface area contributed by atoms with Crippen molar-refractivity contribution < 1.29 is 14.6 Å². The monoisotopic (exact) mass is 333 g/mol. The average molecular weight is 333 g/mol. The highest BCUT2D eigenvalue weighted by Crippen LogP contribution is 2.29. The summed E-state index contributed by atoms with van der Waals surface area (Å²) in [5.74, 6) is 1.11. The predicted octanol–water partition coefficient (Wildman–Crippen LogP) is 2.04. The molecule has 0 bridgehead atoms. The molecule has 1 amide bonds. The first-order valence-corrected chi connectivity index (χ1v) is 8.92. The minimum Gasteiger partial charge on any atom is -0.396 e. The number of aliphatic hydroxyl groups is 1. The van der Waals surface area contributed by atoms with Crippen LogP contribution in [0.15, 0.2) is 18.3 Å². The van der Waals surface area contributed by atoms with Gasteiger partial charge in [-0.1, -0.05) is 0 Å². The molecule has 2 aliphatic heterocycles. The van der Waals surface area contributed by atoms with E-state index in [1.807, 2.05) is 19.1 Å². The molecule has 2 aliphatic rings. The smallest absolute Gasteiger partial charge is 0.230 e. The Morgan fingerprint density at radius 3 is 2.92 bits per heavy atom. The molecule has 0 saturated carbocycles. The Morgan fingerprint density at radius 1 is 1.42 bits per heavy atom. The fourth-order valence-corrected chi connectivity index (χ4v) is 3.57. The second-order valence-corrected chi connectivity index (χ2v) is 6.80. The number of hydrogen-bond donors (Lipinski definition) is 2. The van der Waals surface area contributed by atoms with Gasteiger partial charge in [-0.3, -0.25) is 4.79 Å². The van der Waals surface area contributed by atoms with Crippen molar-refractivity contribution >= 4 is 17.4 Å². The number of carbonyl (C=O) groups is 1. The van der Waals surface area contributed by atoms with Gasteiger partial charge in [0.05, 0.1) is 17.7 Å². The Labute approximate surface area is 143 Å². The number of carbonyl (C=O) groups excluding carboxylic acids is 1. The number of ether oxygens (including phenoxy) is 1. The van der Waals surface area contributed by atoms with Crippen molar-refractivity contribution in [2.45, 2.75) is 38.7 Å². The fourth-order valence-electron chi connectivity index (χ4n) is 3.57. The SMILES string of the molecule is C[C@@H]1OCCC[C@@H]1C(=O)Nc1cccnc1N1CCC(CO)CC1. The number of aliphatic hydroxyl groups excluding tert-OH is 1. The van der Waals surface area contributed by atoms with Gasteiger partial charge in [-0.05, 0) is 50.7 Å². The fraction of sp³-hybridized carbons (Fsp3) is 0.667. The molecular formula is C18H27N3O3. The summed E-state index contributed by atoms with van der Waals surface area (Å²) >= 11 is 0. The van der Waals surface area contributed by atoms with Gasteiger partial charge in [-0.2, -0.15) is 0 Å². The van der Waals surface area contributed by atoms with Crippen LogP contribution in [-0.4, -0.2) is 48.4 Å². The molecule has 0 aromatic carbocycles. The number of anilines is 2. The predicted molar refractivity (Wildman–Crippen MR) is 93.0 cm³/mol. The molecule has 2 atom stereocenters. The van der Waals surface area contributed by atoms with Crippen LogP contribution in [-0.2, 0) is 9.53 Å². The zero-order valence-corrected chi connectivity index (χ0v) is 14.3. The van der Waals surface area contributed by atoms with Crippen LogP contribution in [0.5, 0.6) is 0 Å². The first kappa shape index (κ1) is 17.2. The molecule has 132 valence electrons. The molecule has 0 radical (unpaired) electrons. The molecule has 6 heteroatoms. The minimum absolute atomic E-state index is 0.0155. The normalized spacial score (nSPS) is 25.5. The first-order chi connectivity index (χ1) is 11.7. The number of hydrogen-bond acceptors (Lipinski definition) is 5. The van der Waals surface area contributed by atoms with Gasteiger partial charge in [0.25, 0.3) is 0 Å². The molecule has 2 N–H and O–H groups in total. The van der Waals surface area contributed by atoms with Gasteiger partial charge in [0.1, 0.15) is 0 Å². The van der Waals surface area contributed by atoms with E-state index in [4.69, 9.17) is 4.74 Å². The molecule has 1 aromatic heterocycles. The van der Waals surface area contributed by atoms with Crippen molar-refractivity contribution in [1.29, 1.82) is 0 Å². The molecule has 3 heterocycles. The lowest BCUT2D eigenvalue weighted by Gasteiger charge is -2.33. The van der Waals surface area contributed by atoms with E-state index in [9.17, 15) is 9.90 Å². The third kappa shape index (κ3) is 3.87. The Bertz CT molecular complexity index is 558. The van der Waals surface area contributed by atoms with Crippen molar-refractivity contribution in [3.05, 3.63) is 18.3 Å². The van der Waals surface area contributed by atoms with Crippen molar-refractivity contribution in [1.82, 2.24) is 4.98 Å². The largest absolute Gasteiger partial charge is 0.396 e. The number of pyridine rings is 1. The van der Waals surface area contributed by atoms with Crippen molar-refractivity contribution in [3.8, 4) is 0 Å². The molecule has 0 aliphatic carbocycles. The maximum Gasteiger partial charge on any atom is 0.230 e. The summed E-state index contributed by atoms with van der Waals surface area (Å²) < 4.78 is 5.61. The van der Waals surface area contributed by atoms with Crippen LogP contribution in [0.4, 0.5) is 11.5 Å². The van der Waals surface area contributed by atoms with E-state index >= 15 is 0 Å². The summed E-state index contributed by atoms with van der Waals surface area (Å²) in [4.78, 5) is 19.3. The van der Waals surface area contributed by atoms with Crippen LogP contribution >= 0.6 is 0 Å². The van der Waals surface area contributed by atoms with Crippen LogP contribution < -0.4 is 10.2 Å². The van der Waals surface area contributed by atoms with Gasteiger partial charge in [0.2, 0.25) is 5.91 Å². The van der Waals surface area contributed by atoms with Crippen LogP contribution in [0, 0.1) is 11.8 Å². The molecule has 2 fully saturated rings. The summed E-state index contributed by atoms with van der Waals surface area (Å²) in [6, 6.07) is 3.76. The zero-order chi connectivity index (χ0) is 16.9. The van der Waals surface area contributed by atoms with Gasteiger partial charge in [0.15, 0.2) is 5.82 Å². The number of rotatable bonds is 4. The quantitative estimate of drug-likeness (QED) is 0.882. The van der Waals surface area contributed by atoms with Crippen LogP contribution in [0.3, 0.4) is 0 Å². The maximum absolute atomic E-state index is 12.6. The number of piperidine rings is 1. The van der Waals surface area contributed by atoms with E-state index in [0.717, 1.165) is 56.9 Å². The Kier molecular flexibility index (Phi) is 5.68. The molecule has 1 aromatic rings. The minimum atomic E-state index is -0.105. The molecule has 6 nitrogen and oxygen atoms in total. The summed E-state index contributed by atoms with van der Waals surface area (Å²) in [7, 11) is 0. The Morgan fingerprint density at radius 2 is 2.21 bits per heavy atom. The van der Waals surface area contributed by atoms with Crippen molar-refractivity contribution in [3.63, 3.8) is 0 Å². The van der Waals surface area contributed by atoms with Crippen LogP contribution in [0.1, 0.15) is 32.6 Å². The highest BCUT2D eigenvalue weighted by atomic mass is 16.5. The third-order valence-corrected chi connectivity index (χ3v) is 5.16. The highest BCUT2D eigenvalue weighted by molar-refractivity contribution is 5.95. The molecule has 24 heavy (non-hydrogen) atoms. The molecule has 0 unspecified atom stereocenters. The van der Waals surface area contributed by atoms with Gasteiger partial charge in [0, 0.05) is 32.5 Å². The average Bonchev–Trinajstić information content (AvgIpc) is 2.62. The topological polar surface area (TPSA) is 74.7 Å². The second-order valence-electron chi connectivity index (χ2n) is 6.80. The summed E-state index contributed by atoms with van der Waals surface area (Å²) in [6.07, 6.45) is 5.41. The standard InChI is InChI=1S/C18H27N3O3/c1-13-15(4-3-11-24-13)18(23)20-16-5-2-8-19-17(16)21-9-6-14(12-22)7-10-21/h2,5,8,13-15,22H,3-4,6-7,9-12H2,1H3,(H,20,23)/t13-,15-/m0/s1. The second kappa shape index (κ2) is 7.94. The van der Waals surface area contributed by atoms with Gasteiger partial charge in [-0.15, -0.1) is 0 Å². The zero-order valence-electron chi connectivity index (χ0n) is 14.3. The molecule has 0 spiro atoms. The summed E-state index contributed by atoms with van der Waals surface area (Å²) in [5.41, 5.74) is 0.766. The van der Waals surface area contributed by atoms with E-state index in [2.05, 4.69) is 15.2 Å².